The molecule has 2 atom stereocenters. The first-order chi connectivity index (χ1) is 9.78. The van der Waals surface area contributed by atoms with E-state index in [1.54, 1.807) is 0 Å². The van der Waals surface area contributed by atoms with Gasteiger partial charge in [-0.25, -0.2) is 0 Å². The van der Waals surface area contributed by atoms with E-state index >= 15 is 0 Å². The number of rotatable bonds is 3. The summed E-state index contributed by atoms with van der Waals surface area (Å²) in [5, 5.41) is 12.4. The number of amides is 1. The molecule has 0 aromatic heterocycles. The highest BCUT2D eigenvalue weighted by Gasteiger charge is 2.32. The number of aliphatic hydroxyl groups excluding tert-OH is 1. The molecule has 1 amide bonds. The molecule has 1 aromatic carbocycles. The van der Waals surface area contributed by atoms with E-state index in [0.717, 1.165) is 38.9 Å². The van der Waals surface area contributed by atoms with Crippen molar-refractivity contribution in [1.82, 2.24) is 10.2 Å². The van der Waals surface area contributed by atoms with Crippen LogP contribution in [0.4, 0.5) is 0 Å². The molecule has 2 aliphatic rings. The Labute approximate surface area is 119 Å². The largest absolute Gasteiger partial charge is 0.396 e. The van der Waals surface area contributed by atoms with Crippen molar-refractivity contribution in [3.05, 3.63) is 35.4 Å². The minimum atomic E-state index is -0.0854. The topological polar surface area (TPSA) is 52.6 Å². The van der Waals surface area contributed by atoms with Gasteiger partial charge in [-0.3, -0.25) is 4.79 Å². The lowest BCUT2D eigenvalue weighted by Crippen LogP contribution is -2.48. The molecule has 1 aromatic rings. The molecular formula is C16H22N2O2. The maximum atomic E-state index is 12.6. The number of benzene rings is 1. The molecule has 2 N–H and O–H groups in total. The minimum Gasteiger partial charge on any atom is -0.396 e. The Morgan fingerprint density at radius 1 is 1.35 bits per heavy atom. The van der Waals surface area contributed by atoms with Gasteiger partial charge in [-0.05, 0) is 36.3 Å². The van der Waals surface area contributed by atoms with Crippen molar-refractivity contribution in [3.8, 4) is 0 Å². The van der Waals surface area contributed by atoms with Gasteiger partial charge in [-0.1, -0.05) is 24.3 Å². The number of likely N-dealkylation sites (tertiary alicyclic amines) is 1. The molecular weight excluding hydrogens is 252 g/mol. The summed E-state index contributed by atoms with van der Waals surface area (Å²) in [5.41, 5.74) is 2.59. The van der Waals surface area contributed by atoms with E-state index in [-0.39, 0.29) is 18.6 Å². The second-order valence-corrected chi connectivity index (χ2v) is 5.86. The summed E-state index contributed by atoms with van der Waals surface area (Å²) >= 11 is 0. The third-order valence-corrected chi connectivity index (χ3v) is 4.51. The highest BCUT2D eigenvalue weighted by Crippen LogP contribution is 2.22. The fourth-order valence-electron chi connectivity index (χ4n) is 3.30. The van der Waals surface area contributed by atoms with E-state index in [0.29, 0.717) is 5.92 Å². The molecule has 0 saturated carbocycles. The molecule has 1 saturated heterocycles. The van der Waals surface area contributed by atoms with Crippen LogP contribution in [0.3, 0.4) is 0 Å². The smallest absolute Gasteiger partial charge is 0.240 e. The predicted molar refractivity (Wildman–Crippen MR) is 77.2 cm³/mol. The molecule has 4 heteroatoms. The number of hydrogen-bond acceptors (Lipinski definition) is 3. The van der Waals surface area contributed by atoms with Gasteiger partial charge >= 0.3 is 0 Å². The SMILES string of the molecule is O=C([C@H]1Cc2ccccc2CN1)N1CCC(CCO)C1. The first-order valence-electron chi connectivity index (χ1n) is 7.47. The monoisotopic (exact) mass is 274 g/mol. The molecule has 3 rings (SSSR count). The van der Waals surface area contributed by atoms with Crippen LogP contribution in [-0.4, -0.2) is 41.7 Å². The summed E-state index contributed by atoms with van der Waals surface area (Å²) in [7, 11) is 0. The van der Waals surface area contributed by atoms with Crippen molar-refractivity contribution in [2.24, 2.45) is 5.92 Å². The molecule has 4 nitrogen and oxygen atoms in total. The number of fused-ring (bicyclic) bond motifs is 1. The summed E-state index contributed by atoms with van der Waals surface area (Å²) in [6.07, 6.45) is 2.62. The minimum absolute atomic E-state index is 0.0854. The van der Waals surface area contributed by atoms with Crippen LogP contribution in [0.5, 0.6) is 0 Å². The molecule has 20 heavy (non-hydrogen) atoms. The van der Waals surface area contributed by atoms with Gasteiger partial charge in [0.15, 0.2) is 0 Å². The molecule has 1 unspecified atom stereocenters. The Balaban J connectivity index is 1.62. The van der Waals surface area contributed by atoms with Crippen molar-refractivity contribution in [1.29, 1.82) is 0 Å². The highest BCUT2D eigenvalue weighted by molar-refractivity contribution is 5.82. The van der Waals surface area contributed by atoms with Gasteiger partial charge < -0.3 is 15.3 Å². The van der Waals surface area contributed by atoms with Crippen LogP contribution >= 0.6 is 0 Å². The maximum Gasteiger partial charge on any atom is 0.240 e. The standard InChI is InChI=1S/C16H22N2O2/c19-8-6-12-5-7-18(11-12)16(20)15-9-13-3-1-2-4-14(13)10-17-15/h1-4,12,15,17,19H,5-11H2/t12?,15-/m1/s1. The Bertz CT molecular complexity index is 489. The van der Waals surface area contributed by atoms with Crippen molar-refractivity contribution in [2.75, 3.05) is 19.7 Å². The third kappa shape index (κ3) is 2.72. The van der Waals surface area contributed by atoms with Crippen LogP contribution in [0, 0.1) is 5.92 Å². The zero-order valence-electron chi connectivity index (χ0n) is 11.7. The summed E-state index contributed by atoms with van der Waals surface area (Å²) in [6.45, 7) is 2.64. The summed E-state index contributed by atoms with van der Waals surface area (Å²) < 4.78 is 0. The van der Waals surface area contributed by atoms with Crippen molar-refractivity contribution < 1.29 is 9.90 Å². The number of nitrogens with zero attached hydrogens (tertiary/aromatic N) is 1. The molecule has 0 spiro atoms. The normalized spacial score (nSPS) is 25.6. The zero-order chi connectivity index (χ0) is 13.9. The molecule has 2 aliphatic heterocycles. The number of aliphatic hydroxyl groups is 1. The number of hydrogen-bond donors (Lipinski definition) is 2. The first kappa shape index (κ1) is 13.6. The van der Waals surface area contributed by atoms with Crippen LogP contribution in [0.1, 0.15) is 24.0 Å². The van der Waals surface area contributed by atoms with Crippen LogP contribution in [-0.2, 0) is 17.8 Å². The Kier molecular flexibility index (Phi) is 4.03. The van der Waals surface area contributed by atoms with Crippen molar-refractivity contribution in [3.63, 3.8) is 0 Å². The second-order valence-electron chi connectivity index (χ2n) is 5.86. The van der Waals surface area contributed by atoms with Crippen molar-refractivity contribution in [2.45, 2.75) is 31.8 Å². The lowest BCUT2D eigenvalue weighted by Gasteiger charge is -2.29. The van der Waals surface area contributed by atoms with E-state index in [1.165, 1.54) is 11.1 Å². The zero-order valence-corrected chi connectivity index (χ0v) is 11.7. The molecule has 108 valence electrons. The average molecular weight is 274 g/mol. The highest BCUT2D eigenvalue weighted by atomic mass is 16.3. The van der Waals surface area contributed by atoms with Crippen molar-refractivity contribution >= 4 is 5.91 Å². The van der Waals surface area contributed by atoms with Gasteiger partial charge in [0.05, 0.1) is 6.04 Å². The van der Waals surface area contributed by atoms with E-state index in [4.69, 9.17) is 5.11 Å². The molecule has 1 fully saturated rings. The van der Waals surface area contributed by atoms with Gasteiger partial charge in [0.2, 0.25) is 5.91 Å². The van der Waals surface area contributed by atoms with Crippen LogP contribution < -0.4 is 5.32 Å². The van der Waals surface area contributed by atoms with Gasteiger partial charge in [-0.2, -0.15) is 0 Å². The number of carbonyl (C=O) groups is 1. The number of carbonyl (C=O) groups excluding carboxylic acids is 1. The van der Waals surface area contributed by atoms with E-state index < -0.39 is 0 Å². The maximum absolute atomic E-state index is 12.6. The molecule has 2 heterocycles. The summed E-state index contributed by atoms with van der Waals surface area (Å²) in [6, 6.07) is 8.24. The predicted octanol–water partition coefficient (Wildman–Crippen LogP) is 0.932. The van der Waals surface area contributed by atoms with Gasteiger partial charge in [-0.15, -0.1) is 0 Å². The Hall–Kier alpha value is -1.39. The van der Waals surface area contributed by atoms with Crippen LogP contribution in [0.2, 0.25) is 0 Å². The van der Waals surface area contributed by atoms with E-state index in [2.05, 4.69) is 17.4 Å². The van der Waals surface area contributed by atoms with E-state index in [9.17, 15) is 4.79 Å². The van der Waals surface area contributed by atoms with E-state index in [1.807, 2.05) is 17.0 Å². The lowest BCUT2D eigenvalue weighted by molar-refractivity contribution is -0.132. The molecule has 0 radical (unpaired) electrons. The second kappa shape index (κ2) is 5.94. The van der Waals surface area contributed by atoms with Crippen LogP contribution in [0.15, 0.2) is 24.3 Å². The molecule has 0 bridgehead atoms. The Morgan fingerprint density at radius 3 is 2.95 bits per heavy atom. The van der Waals surface area contributed by atoms with Gasteiger partial charge in [0, 0.05) is 26.2 Å². The quantitative estimate of drug-likeness (QED) is 0.862. The summed E-state index contributed by atoms with van der Waals surface area (Å²) in [5.74, 6) is 0.694. The fourth-order valence-corrected chi connectivity index (χ4v) is 3.30. The number of nitrogens with one attached hydrogen (secondary N) is 1. The fraction of sp³-hybridized carbons (Fsp3) is 0.562. The van der Waals surface area contributed by atoms with Gasteiger partial charge in [0.1, 0.15) is 0 Å². The molecule has 0 aliphatic carbocycles. The Morgan fingerprint density at radius 2 is 2.15 bits per heavy atom. The van der Waals surface area contributed by atoms with Crippen LogP contribution in [0.25, 0.3) is 0 Å². The summed E-state index contributed by atoms with van der Waals surface area (Å²) in [4.78, 5) is 14.5. The van der Waals surface area contributed by atoms with Gasteiger partial charge in [0.25, 0.3) is 0 Å². The third-order valence-electron chi connectivity index (χ3n) is 4.51. The lowest BCUT2D eigenvalue weighted by atomic mass is 9.95. The average Bonchev–Trinajstić information content (AvgIpc) is 2.95. The first-order valence-corrected chi connectivity index (χ1v) is 7.47.